The summed E-state index contributed by atoms with van der Waals surface area (Å²) in [4.78, 5) is 5.37. The van der Waals surface area contributed by atoms with E-state index in [2.05, 4.69) is 46.7 Å². The van der Waals surface area contributed by atoms with E-state index >= 15 is 0 Å². The summed E-state index contributed by atoms with van der Waals surface area (Å²) in [5.41, 5.74) is -0.241. The van der Waals surface area contributed by atoms with E-state index in [1.807, 2.05) is 0 Å². The number of pyridine rings is 1. The maximum atomic E-state index is 12.7. The second kappa shape index (κ2) is 24.8. The number of thioether (sulfide) groups is 1. The molecule has 0 aliphatic heterocycles. The second-order valence-electron chi connectivity index (χ2n) is 17.7. The maximum Gasteiger partial charge on any atom is 0.296 e. The first kappa shape index (κ1) is 64.0. The minimum Gasteiger partial charge on any atom is -0.493 e. The minimum absolute atomic E-state index is 0.0541. The molecule has 450 valence electrons. The van der Waals surface area contributed by atoms with Crippen LogP contribution in [0.2, 0.25) is 5.02 Å². The summed E-state index contributed by atoms with van der Waals surface area (Å²) in [6, 6.07) is 15.2. The largest absolute Gasteiger partial charge is 0.493 e. The van der Waals surface area contributed by atoms with Gasteiger partial charge in [-0.3, -0.25) is 31.7 Å². The van der Waals surface area contributed by atoms with E-state index in [4.69, 9.17) is 21.1 Å². The molecule has 0 aliphatic rings. The lowest BCUT2D eigenvalue weighted by Gasteiger charge is -2.13. The van der Waals surface area contributed by atoms with Crippen molar-refractivity contribution in [3.8, 4) is 23.4 Å². The fourth-order valence-electron chi connectivity index (χ4n) is 7.93. The van der Waals surface area contributed by atoms with Crippen LogP contribution in [0.25, 0.3) is 37.7 Å². The van der Waals surface area contributed by atoms with E-state index in [9.17, 15) is 88.2 Å². The standard InChI is InChI=1S/C45H39ClN10O21S8/c1-23-27(22-47)43-48-29-7-2-3-8-34(29)56(43)44(57)40(23)54-51-31-18-28(46)30(19-35(31)76-9-4-12-80(58,59)60)50-53-33-20-36(77-10-5-13-81(61,62)63)32(21-37(33)78-11-6-14-82(64,65)66)52-55-45-49-41-39(85(73,74)75)17-25-26(42(41)79-45)15-24(83(67,68)69)16-38(25)84(70,71)72/h2-3,7-8,15-21,57H,4-6,9-14H2,1H3,(H,58,59,60)(H,61,62,63)(H,64,65,66)(H,67,68,69)(H,70,71,72)(H,73,74,75). The number of rotatable bonds is 24. The van der Waals surface area contributed by atoms with Gasteiger partial charge in [-0.15, -0.1) is 42.4 Å². The zero-order valence-electron chi connectivity index (χ0n) is 42.7. The molecule has 3 heterocycles. The van der Waals surface area contributed by atoms with E-state index in [0.717, 1.165) is 17.8 Å². The number of ether oxygens (including phenoxy) is 2. The van der Waals surface area contributed by atoms with Gasteiger partial charge in [-0.2, -0.15) is 55.8 Å². The molecule has 3 aromatic heterocycles. The summed E-state index contributed by atoms with van der Waals surface area (Å²) < 4.78 is 215. The third-order valence-corrected chi connectivity index (χ3v) is 19.0. The van der Waals surface area contributed by atoms with E-state index < -0.39 is 127 Å². The molecule has 0 spiro atoms. The van der Waals surface area contributed by atoms with Gasteiger partial charge in [0, 0.05) is 33.4 Å². The molecule has 0 unspecified atom stereocenters. The van der Waals surface area contributed by atoms with Gasteiger partial charge in [0.2, 0.25) is 11.0 Å². The molecule has 0 radical (unpaired) electrons. The van der Waals surface area contributed by atoms with Crippen LogP contribution in [0, 0.1) is 18.3 Å². The van der Waals surface area contributed by atoms with Crippen LogP contribution in [-0.4, -0.2) is 134 Å². The van der Waals surface area contributed by atoms with Crippen LogP contribution in [0.15, 0.2) is 117 Å². The highest BCUT2D eigenvalue weighted by Crippen LogP contribution is 2.47. The summed E-state index contributed by atoms with van der Waals surface area (Å²) >= 11 is 8.10. The molecule has 0 fully saturated rings. The quantitative estimate of drug-likeness (QED) is 0.0128. The predicted octanol–water partition coefficient (Wildman–Crippen LogP) is 9.46. The SMILES string of the molecule is Cc1c(N=Nc2cc(Cl)c(N=Nc3cc(OCCCS(=O)(=O)O)c(N=Nc4nc5c(S(=O)(=O)O)cc6c(S(=O)(=O)O)cc(S(=O)(=O)O)cc6c5s4)cc3SCCCS(=O)(=O)O)cc2OCCCS(=O)(=O)O)c(O)n2c(nc3ccccc32)c1C#N. The first-order chi connectivity index (χ1) is 39.6. The van der Waals surface area contributed by atoms with Crippen LogP contribution in [0.1, 0.15) is 30.4 Å². The smallest absolute Gasteiger partial charge is 0.296 e. The Bertz CT molecular complexity index is 4920. The fraction of sp³-hybridized carbons (Fsp3) is 0.222. The van der Waals surface area contributed by atoms with E-state index in [-0.39, 0.29) is 103 Å². The number of halogens is 1. The number of hydrogen-bond donors (Lipinski definition) is 7. The first-order valence-electron chi connectivity index (χ1n) is 23.5. The number of aromatic nitrogens is 3. The molecule has 8 aromatic rings. The number of thiazole rings is 1. The molecule has 0 bridgehead atoms. The van der Waals surface area contributed by atoms with Gasteiger partial charge >= 0.3 is 0 Å². The van der Waals surface area contributed by atoms with Gasteiger partial charge < -0.3 is 14.6 Å². The van der Waals surface area contributed by atoms with Crippen LogP contribution in [-0.2, 0) is 60.7 Å². The molecule has 31 nitrogen and oxygen atoms in total. The summed E-state index contributed by atoms with van der Waals surface area (Å²) in [5.74, 6) is -3.18. The van der Waals surface area contributed by atoms with Crippen molar-refractivity contribution in [2.45, 2.75) is 45.8 Å². The Morgan fingerprint density at radius 1 is 0.647 bits per heavy atom. The van der Waals surface area contributed by atoms with Crippen molar-refractivity contribution in [2.24, 2.45) is 30.7 Å². The molecule has 0 saturated heterocycles. The van der Waals surface area contributed by atoms with Crippen molar-refractivity contribution in [2.75, 3.05) is 36.2 Å². The molecule has 0 saturated carbocycles. The van der Waals surface area contributed by atoms with Crippen molar-refractivity contribution < 1.29 is 92.4 Å². The lowest BCUT2D eigenvalue weighted by atomic mass is 10.1. The number of benzene rings is 5. The monoisotopic (exact) mass is 1350 g/mol. The third-order valence-electron chi connectivity index (χ3n) is 11.6. The summed E-state index contributed by atoms with van der Waals surface area (Å²) in [7, 11) is -29.3. The molecular weight excluding hydrogens is 1310 g/mol. The Morgan fingerprint density at radius 2 is 1.21 bits per heavy atom. The normalized spacial score (nSPS) is 13.2. The van der Waals surface area contributed by atoms with Gasteiger partial charge in [0.05, 0.1) is 56.1 Å². The highest BCUT2D eigenvalue weighted by Gasteiger charge is 2.28. The average molecular weight is 1350 g/mol. The van der Waals surface area contributed by atoms with Crippen LogP contribution in [0.3, 0.4) is 0 Å². The Hall–Kier alpha value is -7.01. The summed E-state index contributed by atoms with van der Waals surface area (Å²) in [6.07, 6.45) is -0.753. The van der Waals surface area contributed by atoms with Crippen molar-refractivity contribution in [1.82, 2.24) is 14.4 Å². The Balaban J connectivity index is 1.25. The van der Waals surface area contributed by atoms with Crippen molar-refractivity contribution in [3.63, 3.8) is 0 Å². The Morgan fingerprint density at radius 3 is 1.81 bits per heavy atom. The molecule has 7 N–H and O–H groups in total. The third kappa shape index (κ3) is 15.5. The summed E-state index contributed by atoms with van der Waals surface area (Å²) in [6.45, 7) is 0.672. The Labute approximate surface area is 494 Å². The van der Waals surface area contributed by atoms with E-state index in [1.165, 1.54) is 35.6 Å². The predicted molar refractivity (Wildman–Crippen MR) is 306 cm³/mol. The average Bonchev–Trinajstić information content (AvgIpc) is 1.83. The number of aromatic hydroxyl groups is 1. The number of nitriles is 1. The van der Waals surface area contributed by atoms with Crippen LogP contribution in [0.4, 0.5) is 33.6 Å². The molecule has 40 heteroatoms. The van der Waals surface area contributed by atoms with Gasteiger partial charge in [-0.25, -0.2) is 9.97 Å². The second-order valence-corrected chi connectivity index (χ2v) is 29.1. The number of hydrogen-bond acceptors (Lipinski definition) is 26. The highest BCUT2D eigenvalue weighted by atomic mass is 35.5. The Kier molecular flexibility index (Phi) is 18.6. The van der Waals surface area contributed by atoms with Crippen molar-refractivity contribution in [3.05, 3.63) is 82.9 Å². The zero-order chi connectivity index (χ0) is 62.2. The van der Waals surface area contributed by atoms with Crippen molar-refractivity contribution in [1.29, 1.82) is 5.26 Å². The molecule has 0 amide bonds. The zero-order valence-corrected chi connectivity index (χ0v) is 50.0. The lowest BCUT2D eigenvalue weighted by Crippen LogP contribution is -2.08. The van der Waals surface area contributed by atoms with E-state index in [1.54, 1.807) is 24.3 Å². The molecule has 85 heavy (non-hydrogen) atoms. The van der Waals surface area contributed by atoms with Crippen LogP contribution < -0.4 is 9.47 Å². The fourth-order valence-corrected chi connectivity index (χ4v) is 13.7. The number of fused-ring (bicyclic) bond motifs is 6. The topological polar surface area (TPSA) is 493 Å². The first-order valence-corrected chi connectivity index (χ1v) is 34.8. The van der Waals surface area contributed by atoms with E-state index in [0.29, 0.717) is 34.5 Å². The molecular formula is C45H39ClN10O21S8. The van der Waals surface area contributed by atoms with Gasteiger partial charge in [0.15, 0.2) is 11.3 Å². The maximum absolute atomic E-state index is 12.7. The van der Waals surface area contributed by atoms with Crippen LogP contribution in [0.5, 0.6) is 17.4 Å². The number of para-hydroxylation sites is 2. The molecule has 5 aromatic carbocycles. The number of nitrogens with zero attached hydrogens (tertiary/aromatic N) is 10. The van der Waals surface area contributed by atoms with Gasteiger partial charge in [-0.05, 0) is 74.4 Å². The van der Waals surface area contributed by atoms with Crippen LogP contribution >= 0.6 is 34.7 Å². The van der Waals surface area contributed by atoms with Gasteiger partial charge in [0.25, 0.3) is 60.7 Å². The van der Waals surface area contributed by atoms with Gasteiger partial charge in [0.1, 0.15) is 61.2 Å². The van der Waals surface area contributed by atoms with Gasteiger partial charge in [-0.1, -0.05) is 35.1 Å². The number of azo groups is 3. The highest BCUT2D eigenvalue weighted by molar-refractivity contribution is 7.99. The summed E-state index contributed by atoms with van der Waals surface area (Å²) in [5, 5.41) is 45.3. The number of imidazole rings is 1. The minimum atomic E-state index is -5.38. The molecule has 0 atom stereocenters. The molecule has 0 aliphatic carbocycles. The molecule has 8 rings (SSSR count). The van der Waals surface area contributed by atoms with Crippen molar-refractivity contribution >= 4 is 167 Å². The lowest BCUT2D eigenvalue weighted by molar-refractivity contribution is 0.317.